The van der Waals surface area contributed by atoms with E-state index in [-0.39, 0.29) is 31.1 Å². The van der Waals surface area contributed by atoms with Crippen molar-refractivity contribution in [1.82, 2.24) is 0 Å². The highest BCUT2D eigenvalue weighted by Crippen LogP contribution is 2.26. The van der Waals surface area contributed by atoms with Gasteiger partial charge in [-0.2, -0.15) is 0 Å². The summed E-state index contributed by atoms with van der Waals surface area (Å²) in [6, 6.07) is 22.6. The average Bonchev–Trinajstić information content (AvgIpc) is 2.92. The molecule has 0 atom stereocenters. The second-order valence-corrected chi connectivity index (χ2v) is 13.8. The standard InChI is InChI=1S/C27H23Cl2N3O5S3/c1-32(40(36,37)26-13-9-24(38-2)10-14-26)23-7-3-18(4-8-23)27(33)30-21-5-11-25(12-6-21)39(34,35)31-22-16-19(28)15-20(29)17-22/h3-17,31H,1-2H3,(H,30,33). The van der Waals surface area contributed by atoms with Crippen molar-refractivity contribution in [3.63, 3.8) is 0 Å². The van der Waals surface area contributed by atoms with E-state index in [1.54, 1.807) is 24.3 Å². The molecule has 4 rings (SSSR count). The number of halogens is 2. The van der Waals surface area contributed by atoms with Gasteiger partial charge in [0.2, 0.25) is 0 Å². The van der Waals surface area contributed by atoms with Crippen molar-refractivity contribution >= 4 is 78.0 Å². The highest BCUT2D eigenvalue weighted by Gasteiger charge is 2.22. The number of anilines is 3. The van der Waals surface area contributed by atoms with E-state index in [0.717, 1.165) is 9.20 Å². The van der Waals surface area contributed by atoms with Crippen molar-refractivity contribution in [2.45, 2.75) is 14.7 Å². The van der Waals surface area contributed by atoms with Gasteiger partial charge in [-0.15, -0.1) is 11.8 Å². The van der Waals surface area contributed by atoms with E-state index >= 15 is 0 Å². The van der Waals surface area contributed by atoms with Gasteiger partial charge in [0.25, 0.3) is 26.0 Å². The van der Waals surface area contributed by atoms with E-state index in [1.807, 2.05) is 6.26 Å². The molecule has 8 nitrogen and oxygen atoms in total. The van der Waals surface area contributed by atoms with Crippen LogP contribution in [0.15, 0.2) is 106 Å². The lowest BCUT2D eigenvalue weighted by atomic mass is 10.2. The SMILES string of the molecule is CSc1ccc(S(=O)(=O)N(C)c2ccc(C(=O)Nc3ccc(S(=O)(=O)Nc4cc(Cl)cc(Cl)c4)cc3)cc2)cc1. The van der Waals surface area contributed by atoms with Crippen molar-refractivity contribution < 1.29 is 21.6 Å². The maximum absolute atomic E-state index is 13.0. The van der Waals surface area contributed by atoms with Gasteiger partial charge < -0.3 is 5.32 Å². The topological polar surface area (TPSA) is 113 Å². The Morgan fingerprint density at radius 3 is 1.85 bits per heavy atom. The molecule has 2 N–H and O–H groups in total. The first-order valence-electron chi connectivity index (χ1n) is 11.5. The third kappa shape index (κ3) is 6.91. The molecule has 0 aliphatic carbocycles. The lowest BCUT2D eigenvalue weighted by Gasteiger charge is -2.20. The molecule has 40 heavy (non-hydrogen) atoms. The van der Waals surface area contributed by atoms with Gasteiger partial charge in [-0.25, -0.2) is 16.8 Å². The van der Waals surface area contributed by atoms with Gasteiger partial charge in [0.1, 0.15) is 0 Å². The number of carbonyl (C=O) groups excluding carboxylic acids is 1. The van der Waals surface area contributed by atoms with Crippen molar-refractivity contribution in [3.05, 3.63) is 107 Å². The molecule has 0 spiro atoms. The Morgan fingerprint density at radius 2 is 1.30 bits per heavy atom. The van der Waals surface area contributed by atoms with Gasteiger partial charge in [-0.3, -0.25) is 13.8 Å². The zero-order chi connectivity index (χ0) is 29.1. The minimum Gasteiger partial charge on any atom is -0.322 e. The minimum atomic E-state index is -3.93. The van der Waals surface area contributed by atoms with Crippen molar-refractivity contribution in [1.29, 1.82) is 0 Å². The molecular formula is C27H23Cl2N3O5S3. The molecule has 0 heterocycles. The normalized spacial score (nSPS) is 11.6. The summed E-state index contributed by atoms with van der Waals surface area (Å²) in [5.74, 6) is -0.452. The predicted molar refractivity (Wildman–Crippen MR) is 162 cm³/mol. The molecule has 4 aromatic rings. The van der Waals surface area contributed by atoms with Crippen LogP contribution < -0.4 is 14.3 Å². The summed E-state index contributed by atoms with van der Waals surface area (Å²) in [6.07, 6.45) is 1.91. The molecule has 0 aromatic heterocycles. The Bertz CT molecular complexity index is 1730. The zero-order valence-electron chi connectivity index (χ0n) is 21.1. The molecular weight excluding hydrogens is 613 g/mol. The third-order valence-corrected chi connectivity index (χ3v) is 10.1. The number of nitrogens with one attached hydrogen (secondary N) is 2. The third-order valence-electron chi connectivity index (χ3n) is 5.75. The maximum Gasteiger partial charge on any atom is 0.264 e. The van der Waals surface area contributed by atoms with Crippen LogP contribution in [0.4, 0.5) is 17.1 Å². The number of amides is 1. The van der Waals surface area contributed by atoms with E-state index < -0.39 is 26.0 Å². The molecule has 0 saturated heterocycles. The highest BCUT2D eigenvalue weighted by atomic mass is 35.5. The summed E-state index contributed by atoms with van der Waals surface area (Å²) in [6.45, 7) is 0. The van der Waals surface area contributed by atoms with Gasteiger partial charge in [0, 0.05) is 33.2 Å². The van der Waals surface area contributed by atoms with E-state index in [4.69, 9.17) is 23.2 Å². The first-order valence-corrected chi connectivity index (χ1v) is 16.4. The van der Waals surface area contributed by atoms with Gasteiger partial charge in [0.05, 0.1) is 21.2 Å². The predicted octanol–water partition coefficient (Wildman–Crippen LogP) is 6.59. The number of benzene rings is 4. The van der Waals surface area contributed by atoms with Gasteiger partial charge in [-0.05, 0) is 97.3 Å². The largest absolute Gasteiger partial charge is 0.322 e. The summed E-state index contributed by atoms with van der Waals surface area (Å²) in [4.78, 5) is 13.8. The van der Waals surface area contributed by atoms with Crippen LogP contribution in [0.5, 0.6) is 0 Å². The smallest absolute Gasteiger partial charge is 0.264 e. The van der Waals surface area contributed by atoms with Crippen molar-refractivity contribution in [2.75, 3.05) is 27.6 Å². The molecule has 0 saturated carbocycles. The van der Waals surface area contributed by atoms with Crippen LogP contribution in [0.2, 0.25) is 10.0 Å². The molecule has 0 unspecified atom stereocenters. The number of nitrogens with zero attached hydrogens (tertiary/aromatic N) is 1. The van der Waals surface area contributed by atoms with Crippen LogP contribution in [0.1, 0.15) is 10.4 Å². The number of hydrogen-bond donors (Lipinski definition) is 2. The van der Waals surface area contributed by atoms with E-state index in [0.29, 0.717) is 11.4 Å². The number of hydrogen-bond acceptors (Lipinski definition) is 6. The quantitative estimate of drug-likeness (QED) is 0.201. The molecule has 13 heteroatoms. The first-order chi connectivity index (χ1) is 18.9. The first kappa shape index (κ1) is 29.8. The summed E-state index contributed by atoms with van der Waals surface area (Å²) in [5.41, 5.74) is 1.25. The summed E-state index contributed by atoms with van der Waals surface area (Å²) in [7, 11) is -6.27. The molecule has 208 valence electrons. The Balaban J connectivity index is 1.42. The van der Waals surface area contributed by atoms with Gasteiger partial charge in [-0.1, -0.05) is 23.2 Å². The fraction of sp³-hybridized carbons (Fsp3) is 0.0741. The van der Waals surface area contributed by atoms with Crippen LogP contribution in [0.25, 0.3) is 0 Å². The summed E-state index contributed by atoms with van der Waals surface area (Å²) < 4.78 is 55.0. The van der Waals surface area contributed by atoms with Crippen LogP contribution in [-0.2, 0) is 20.0 Å². The summed E-state index contributed by atoms with van der Waals surface area (Å²) >= 11 is 13.4. The Morgan fingerprint density at radius 1 is 0.750 bits per heavy atom. The van der Waals surface area contributed by atoms with Gasteiger partial charge >= 0.3 is 0 Å². The molecule has 1 amide bonds. The minimum absolute atomic E-state index is 0.0294. The molecule has 0 aliphatic heterocycles. The number of sulfonamides is 2. The fourth-order valence-electron chi connectivity index (χ4n) is 3.61. The molecule has 0 fully saturated rings. The Hall–Kier alpha value is -3.22. The second-order valence-electron chi connectivity index (χ2n) is 8.44. The lowest BCUT2D eigenvalue weighted by Crippen LogP contribution is -2.26. The van der Waals surface area contributed by atoms with Crippen LogP contribution in [0.3, 0.4) is 0 Å². The van der Waals surface area contributed by atoms with E-state index in [1.165, 1.54) is 85.5 Å². The highest BCUT2D eigenvalue weighted by molar-refractivity contribution is 7.98. The second kappa shape index (κ2) is 12.1. The van der Waals surface area contributed by atoms with E-state index in [2.05, 4.69) is 10.0 Å². The lowest BCUT2D eigenvalue weighted by molar-refractivity contribution is 0.102. The number of carbonyl (C=O) groups is 1. The number of rotatable bonds is 9. The fourth-order valence-corrected chi connectivity index (χ4v) is 6.79. The van der Waals surface area contributed by atoms with Crippen LogP contribution >= 0.6 is 35.0 Å². The van der Waals surface area contributed by atoms with Gasteiger partial charge in [0.15, 0.2) is 0 Å². The number of thioether (sulfide) groups is 1. The van der Waals surface area contributed by atoms with Crippen LogP contribution in [-0.4, -0.2) is 36.0 Å². The van der Waals surface area contributed by atoms with E-state index in [9.17, 15) is 21.6 Å². The van der Waals surface area contributed by atoms with Crippen LogP contribution in [0, 0.1) is 0 Å². The Labute approximate surface area is 247 Å². The molecule has 0 aliphatic rings. The maximum atomic E-state index is 13.0. The average molecular weight is 637 g/mol. The van der Waals surface area contributed by atoms with Crippen molar-refractivity contribution in [2.24, 2.45) is 0 Å². The molecule has 0 bridgehead atoms. The zero-order valence-corrected chi connectivity index (χ0v) is 25.1. The summed E-state index contributed by atoms with van der Waals surface area (Å²) in [5, 5.41) is 3.26. The molecule has 4 aromatic carbocycles. The van der Waals surface area contributed by atoms with Crippen molar-refractivity contribution in [3.8, 4) is 0 Å². The molecule has 0 radical (unpaired) electrons. The Kier molecular flexibility index (Phi) is 9.01. The monoisotopic (exact) mass is 635 g/mol.